The van der Waals surface area contributed by atoms with E-state index in [0.717, 1.165) is 16.9 Å². The molecule has 1 unspecified atom stereocenters. The third kappa shape index (κ3) is 3.33. The van der Waals surface area contributed by atoms with Crippen LogP contribution in [0.1, 0.15) is 28.3 Å². The zero-order chi connectivity index (χ0) is 13.8. The molecule has 0 aliphatic heterocycles. The van der Waals surface area contributed by atoms with Crippen LogP contribution in [0.3, 0.4) is 0 Å². The Bertz CT molecular complexity index is 593. The van der Waals surface area contributed by atoms with E-state index >= 15 is 0 Å². The van der Waals surface area contributed by atoms with E-state index < -0.39 is 6.04 Å². The topological polar surface area (TPSA) is 35.8 Å². The number of nitrogens with zero attached hydrogens (tertiary/aromatic N) is 1. The molecule has 4 heteroatoms. The fourth-order valence-corrected chi connectivity index (χ4v) is 2.84. The minimum atomic E-state index is -0.438. The average Bonchev–Trinajstić information content (AvgIpc) is 2.83. The van der Waals surface area contributed by atoms with Gasteiger partial charge in [-0.05, 0) is 49.2 Å². The lowest BCUT2D eigenvalue weighted by Crippen LogP contribution is -2.07. The van der Waals surface area contributed by atoms with Crippen molar-refractivity contribution in [1.82, 2.24) is 0 Å². The van der Waals surface area contributed by atoms with Gasteiger partial charge in [0.15, 0.2) is 0 Å². The van der Waals surface area contributed by atoms with Crippen LogP contribution in [0.4, 0.5) is 10.1 Å². The molecule has 0 radical (unpaired) electrons. The number of hydrogen-bond acceptors (Lipinski definition) is 3. The van der Waals surface area contributed by atoms with Gasteiger partial charge < -0.3 is 5.32 Å². The summed E-state index contributed by atoms with van der Waals surface area (Å²) in [5.74, 6) is -0.292. The molecule has 0 aliphatic rings. The summed E-state index contributed by atoms with van der Waals surface area (Å²) in [6, 6.07) is 10.5. The first kappa shape index (κ1) is 13.6. The van der Waals surface area contributed by atoms with Gasteiger partial charge in [0.2, 0.25) is 0 Å². The Morgan fingerprint density at radius 3 is 2.74 bits per heavy atom. The van der Waals surface area contributed by atoms with Gasteiger partial charge in [-0.3, -0.25) is 0 Å². The van der Waals surface area contributed by atoms with E-state index in [0.29, 0.717) is 5.69 Å². The van der Waals surface area contributed by atoms with E-state index in [9.17, 15) is 9.65 Å². The SMILES string of the molecule is CCc1ccc(C(C#N)Nc2cc(C)cc(F)c2)s1. The highest BCUT2D eigenvalue weighted by molar-refractivity contribution is 7.12. The van der Waals surface area contributed by atoms with Gasteiger partial charge in [-0.25, -0.2) is 4.39 Å². The first-order valence-electron chi connectivity index (χ1n) is 6.14. The lowest BCUT2D eigenvalue weighted by Gasteiger charge is -2.12. The second-order valence-electron chi connectivity index (χ2n) is 4.38. The van der Waals surface area contributed by atoms with Gasteiger partial charge in [0, 0.05) is 15.4 Å². The van der Waals surface area contributed by atoms with Gasteiger partial charge in [-0.1, -0.05) is 6.92 Å². The average molecular weight is 274 g/mol. The van der Waals surface area contributed by atoms with Gasteiger partial charge in [0.1, 0.15) is 11.9 Å². The Morgan fingerprint density at radius 2 is 2.16 bits per heavy atom. The maximum absolute atomic E-state index is 13.3. The lowest BCUT2D eigenvalue weighted by atomic mass is 10.2. The molecule has 0 saturated heterocycles. The van der Waals surface area contributed by atoms with E-state index in [4.69, 9.17) is 0 Å². The molecule has 0 spiro atoms. The Labute approximate surface area is 116 Å². The molecule has 2 aromatic rings. The molecule has 0 aliphatic carbocycles. The van der Waals surface area contributed by atoms with Crippen molar-refractivity contribution >= 4 is 17.0 Å². The second kappa shape index (κ2) is 5.85. The number of anilines is 1. The van der Waals surface area contributed by atoms with E-state index in [1.807, 2.05) is 25.1 Å². The fourth-order valence-electron chi connectivity index (χ4n) is 1.89. The molecule has 19 heavy (non-hydrogen) atoms. The Morgan fingerprint density at radius 1 is 1.37 bits per heavy atom. The van der Waals surface area contributed by atoms with Gasteiger partial charge in [0.05, 0.1) is 6.07 Å². The first-order valence-corrected chi connectivity index (χ1v) is 6.96. The highest BCUT2D eigenvalue weighted by atomic mass is 32.1. The minimum absolute atomic E-state index is 0.292. The molecule has 0 bridgehead atoms. The molecule has 2 rings (SSSR count). The molecule has 98 valence electrons. The molecule has 1 heterocycles. The van der Waals surface area contributed by atoms with Crippen LogP contribution in [0, 0.1) is 24.1 Å². The van der Waals surface area contributed by atoms with Crippen LogP contribution in [0.2, 0.25) is 0 Å². The number of hydrogen-bond donors (Lipinski definition) is 1. The molecule has 0 fully saturated rings. The smallest absolute Gasteiger partial charge is 0.149 e. The molecule has 1 atom stereocenters. The number of nitriles is 1. The van der Waals surface area contributed by atoms with Crippen molar-refractivity contribution in [3.05, 3.63) is 51.5 Å². The zero-order valence-corrected chi connectivity index (χ0v) is 11.7. The molecule has 2 nitrogen and oxygen atoms in total. The van der Waals surface area contributed by atoms with Crippen molar-refractivity contribution in [3.63, 3.8) is 0 Å². The predicted molar refractivity (Wildman–Crippen MR) is 76.8 cm³/mol. The first-order chi connectivity index (χ1) is 9.12. The van der Waals surface area contributed by atoms with Crippen LogP contribution in [-0.4, -0.2) is 0 Å². The molecule has 1 N–H and O–H groups in total. The highest BCUT2D eigenvalue weighted by Gasteiger charge is 2.13. The summed E-state index contributed by atoms with van der Waals surface area (Å²) in [6.07, 6.45) is 0.960. The van der Waals surface area contributed by atoms with Crippen molar-refractivity contribution in [2.45, 2.75) is 26.3 Å². The van der Waals surface area contributed by atoms with Crippen LogP contribution in [-0.2, 0) is 6.42 Å². The van der Waals surface area contributed by atoms with Gasteiger partial charge >= 0.3 is 0 Å². The third-order valence-corrected chi connectivity index (χ3v) is 4.09. The summed E-state index contributed by atoms with van der Waals surface area (Å²) >= 11 is 1.61. The number of aryl methyl sites for hydroxylation is 2. The highest BCUT2D eigenvalue weighted by Crippen LogP contribution is 2.27. The van der Waals surface area contributed by atoms with Gasteiger partial charge in [-0.15, -0.1) is 11.3 Å². The fraction of sp³-hybridized carbons (Fsp3) is 0.267. The van der Waals surface area contributed by atoms with Crippen molar-refractivity contribution < 1.29 is 4.39 Å². The maximum atomic E-state index is 13.3. The normalized spacial score (nSPS) is 11.9. The summed E-state index contributed by atoms with van der Waals surface area (Å²) in [6.45, 7) is 3.91. The molecule has 0 saturated carbocycles. The quantitative estimate of drug-likeness (QED) is 0.895. The van der Waals surface area contributed by atoms with Crippen molar-refractivity contribution in [3.8, 4) is 6.07 Å². The second-order valence-corrected chi connectivity index (χ2v) is 5.58. The van der Waals surface area contributed by atoms with Crippen LogP contribution < -0.4 is 5.32 Å². The van der Waals surface area contributed by atoms with E-state index in [1.54, 1.807) is 11.3 Å². The summed E-state index contributed by atoms with van der Waals surface area (Å²) in [7, 11) is 0. The van der Waals surface area contributed by atoms with Crippen LogP contribution >= 0.6 is 11.3 Å². The number of thiophene rings is 1. The van der Waals surface area contributed by atoms with Crippen LogP contribution in [0.15, 0.2) is 30.3 Å². The summed E-state index contributed by atoms with van der Waals surface area (Å²) in [5, 5.41) is 12.3. The Kier molecular flexibility index (Phi) is 4.18. The third-order valence-electron chi connectivity index (χ3n) is 2.80. The minimum Gasteiger partial charge on any atom is -0.365 e. The number of rotatable bonds is 4. The predicted octanol–water partition coefficient (Wildman–Crippen LogP) is 4.43. The van der Waals surface area contributed by atoms with Crippen molar-refractivity contribution in [2.24, 2.45) is 0 Å². The maximum Gasteiger partial charge on any atom is 0.149 e. The van der Waals surface area contributed by atoms with Crippen molar-refractivity contribution in [1.29, 1.82) is 5.26 Å². The van der Waals surface area contributed by atoms with E-state index in [-0.39, 0.29) is 5.82 Å². The molecule has 1 aromatic heterocycles. The summed E-state index contributed by atoms with van der Waals surface area (Å²) in [5.41, 5.74) is 1.47. The standard InChI is InChI=1S/C15H15FN2S/c1-3-13-4-5-15(19-13)14(9-17)18-12-7-10(2)6-11(16)8-12/h4-8,14,18H,3H2,1-2H3. The van der Waals surface area contributed by atoms with Crippen LogP contribution in [0.5, 0.6) is 0 Å². The zero-order valence-electron chi connectivity index (χ0n) is 10.9. The Hall–Kier alpha value is -1.86. The lowest BCUT2D eigenvalue weighted by molar-refractivity contribution is 0.627. The van der Waals surface area contributed by atoms with Gasteiger partial charge in [0.25, 0.3) is 0 Å². The van der Waals surface area contributed by atoms with Gasteiger partial charge in [-0.2, -0.15) is 5.26 Å². The summed E-state index contributed by atoms with van der Waals surface area (Å²) in [4.78, 5) is 2.20. The number of benzene rings is 1. The molecule has 1 aromatic carbocycles. The monoisotopic (exact) mass is 274 g/mol. The summed E-state index contributed by atoms with van der Waals surface area (Å²) < 4.78 is 13.3. The largest absolute Gasteiger partial charge is 0.365 e. The number of halogens is 1. The van der Waals surface area contributed by atoms with Crippen molar-refractivity contribution in [2.75, 3.05) is 5.32 Å². The molecular formula is C15H15FN2S. The van der Waals surface area contributed by atoms with E-state index in [1.165, 1.54) is 17.0 Å². The molecule has 0 amide bonds. The van der Waals surface area contributed by atoms with Crippen LogP contribution in [0.25, 0.3) is 0 Å². The Balaban J connectivity index is 2.21. The molecular weight excluding hydrogens is 259 g/mol. The van der Waals surface area contributed by atoms with E-state index in [2.05, 4.69) is 18.3 Å². The number of nitrogens with one attached hydrogen (secondary N) is 1.